The molecule has 3 aromatic carbocycles. The summed E-state index contributed by atoms with van der Waals surface area (Å²) in [6.45, 7) is 5.91. The normalized spacial score (nSPS) is 14.2. The second-order valence-corrected chi connectivity index (χ2v) is 12.3. The first kappa shape index (κ1) is 34.2. The number of benzene rings is 3. The lowest BCUT2D eigenvalue weighted by molar-refractivity contribution is -0.394. The minimum atomic E-state index is -0.805. The van der Waals surface area contributed by atoms with E-state index in [9.17, 15) is 29.8 Å². The van der Waals surface area contributed by atoms with Gasteiger partial charge in [-0.3, -0.25) is 29.6 Å². The first-order valence-electron chi connectivity index (χ1n) is 14.4. The van der Waals surface area contributed by atoms with Gasteiger partial charge >= 0.3 is 11.7 Å². The van der Waals surface area contributed by atoms with Crippen molar-refractivity contribution in [3.8, 4) is 23.0 Å². The number of hydrogen-bond donors (Lipinski definition) is 0. The molecule has 0 radical (unpaired) electrons. The molecule has 0 saturated carbocycles. The SMILES string of the molecule is CCOC(=O)C1=C(C)N=c2s/c(=C\c3cc(I)c(Oc4ccc([N+](=O)[O-])cc4[N+](=O)[O-])c(OC)c3)c(=O)n2C1c1ccc(OCC)cc1. The van der Waals surface area contributed by atoms with E-state index in [1.165, 1.54) is 11.7 Å². The molecule has 1 atom stereocenters. The predicted molar refractivity (Wildman–Crippen MR) is 184 cm³/mol. The molecule has 0 N–H and O–H groups in total. The zero-order chi connectivity index (χ0) is 34.7. The molecule has 1 aliphatic rings. The van der Waals surface area contributed by atoms with E-state index in [2.05, 4.69) is 4.99 Å². The molecule has 2 heterocycles. The van der Waals surface area contributed by atoms with Crippen LogP contribution in [0.3, 0.4) is 0 Å². The molecular weight excluding hydrogens is 759 g/mol. The van der Waals surface area contributed by atoms with Crippen molar-refractivity contribution in [2.45, 2.75) is 26.8 Å². The molecule has 0 saturated heterocycles. The number of carbonyl (C=O) groups is 1. The minimum Gasteiger partial charge on any atom is -0.494 e. The van der Waals surface area contributed by atoms with Crippen LogP contribution in [-0.4, -0.2) is 40.7 Å². The van der Waals surface area contributed by atoms with Crippen molar-refractivity contribution in [3.63, 3.8) is 0 Å². The first-order chi connectivity index (χ1) is 23.0. The number of esters is 1. The second kappa shape index (κ2) is 14.3. The molecule has 0 amide bonds. The van der Waals surface area contributed by atoms with E-state index in [1.807, 2.05) is 29.5 Å². The van der Waals surface area contributed by atoms with Crippen LogP contribution in [0.1, 0.15) is 37.9 Å². The Labute approximate surface area is 290 Å². The van der Waals surface area contributed by atoms with Gasteiger partial charge in [-0.05, 0) is 90.9 Å². The van der Waals surface area contributed by atoms with E-state index >= 15 is 0 Å². The zero-order valence-corrected chi connectivity index (χ0v) is 28.9. The van der Waals surface area contributed by atoms with Crippen molar-refractivity contribution in [3.05, 3.63) is 120 Å². The van der Waals surface area contributed by atoms with Gasteiger partial charge in [0, 0.05) is 6.07 Å². The van der Waals surface area contributed by atoms with E-state index < -0.39 is 33.2 Å². The van der Waals surface area contributed by atoms with Gasteiger partial charge in [0.05, 0.1) is 61.7 Å². The lowest BCUT2D eigenvalue weighted by Crippen LogP contribution is -2.39. The molecule has 4 aromatic rings. The molecule has 0 spiro atoms. The highest BCUT2D eigenvalue weighted by atomic mass is 127. The van der Waals surface area contributed by atoms with Crippen LogP contribution in [0.15, 0.2) is 75.7 Å². The summed E-state index contributed by atoms with van der Waals surface area (Å²) >= 11 is 3.11. The highest BCUT2D eigenvalue weighted by Crippen LogP contribution is 2.41. The zero-order valence-electron chi connectivity index (χ0n) is 25.9. The molecule has 1 aromatic heterocycles. The summed E-state index contributed by atoms with van der Waals surface area (Å²) in [6.07, 6.45) is 1.64. The van der Waals surface area contributed by atoms with E-state index in [0.717, 1.165) is 29.5 Å². The summed E-state index contributed by atoms with van der Waals surface area (Å²) in [7, 11) is 1.39. The Morgan fingerprint density at radius 1 is 1.04 bits per heavy atom. The van der Waals surface area contributed by atoms with Gasteiger partial charge in [0.2, 0.25) is 5.75 Å². The molecule has 16 heteroatoms. The number of halogens is 1. The van der Waals surface area contributed by atoms with Crippen molar-refractivity contribution >= 4 is 57.3 Å². The Balaban J connectivity index is 1.60. The molecule has 5 rings (SSSR count). The third-order valence-corrected chi connectivity index (χ3v) is 8.92. The van der Waals surface area contributed by atoms with Crippen LogP contribution in [0.4, 0.5) is 11.4 Å². The van der Waals surface area contributed by atoms with Crippen LogP contribution in [0.2, 0.25) is 0 Å². The Hall–Kier alpha value is -5.10. The number of methoxy groups -OCH3 is 1. The van der Waals surface area contributed by atoms with Gasteiger partial charge in [0.1, 0.15) is 5.75 Å². The monoisotopic (exact) mass is 786 g/mol. The number of thiazole rings is 1. The number of nitro groups is 2. The topological polar surface area (TPSA) is 175 Å². The average molecular weight is 787 g/mol. The number of allylic oxidation sites excluding steroid dienone is 1. The number of carbonyl (C=O) groups excluding carboxylic acids is 1. The van der Waals surface area contributed by atoms with Crippen molar-refractivity contribution < 1.29 is 33.6 Å². The Kier molecular flexibility index (Phi) is 10.2. The molecule has 248 valence electrons. The van der Waals surface area contributed by atoms with E-state index in [0.29, 0.717) is 42.1 Å². The highest BCUT2D eigenvalue weighted by molar-refractivity contribution is 14.1. The number of rotatable bonds is 11. The summed E-state index contributed by atoms with van der Waals surface area (Å²) in [5.41, 5.74) is 0.458. The lowest BCUT2D eigenvalue weighted by Gasteiger charge is -2.24. The number of fused-ring (bicyclic) bond motifs is 1. The Morgan fingerprint density at radius 2 is 1.77 bits per heavy atom. The molecular formula is C32H27IN4O10S. The third-order valence-electron chi connectivity index (χ3n) is 7.14. The summed E-state index contributed by atoms with van der Waals surface area (Å²) in [5, 5.41) is 22.8. The fraction of sp³-hybridized carbons (Fsp3) is 0.219. The molecule has 1 unspecified atom stereocenters. The highest BCUT2D eigenvalue weighted by Gasteiger charge is 2.33. The van der Waals surface area contributed by atoms with Gasteiger partial charge in [-0.15, -0.1) is 0 Å². The summed E-state index contributed by atoms with van der Waals surface area (Å²) in [6, 6.07) is 12.7. The van der Waals surface area contributed by atoms with Crippen LogP contribution in [-0.2, 0) is 9.53 Å². The fourth-order valence-corrected chi connectivity index (χ4v) is 6.83. The van der Waals surface area contributed by atoms with Gasteiger partial charge in [0.25, 0.3) is 11.2 Å². The van der Waals surface area contributed by atoms with Crippen molar-refractivity contribution in [2.75, 3.05) is 20.3 Å². The minimum absolute atomic E-state index is 0.138. The summed E-state index contributed by atoms with van der Waals surface area (Å²) in [4.78, 5) is 53.5. The van der Waals surface area contributed by atoms with Crippen LogP contribution in [0, 0.1) is 23.8 Å². The smallest absolute Gasteiger partial charge is 0.338 e. The summed E-state index contributed by atoms with van der Waals surface area (Å²) < 4.78 is 24.6. The standard InChI is InChI=1S/C32H27IN4O10S/c1-5-45-21-10-7-19(8-11-21)28-27(31(39)46-6-2)17(3)34-32-35(28)30(38)26(48-32)15-18-13-22(33)29(25(14-18)44-4)47-24-12-9-20(36(40)41)16-23(24)37(42)43/h7-16,28H,5-6H2,1-4H3/b26-15-. The molecule has 14 nitrogen and oxygen atoms in total. The number of aromatic nitrogens is 1. The number of hydrogen-bond acceptors (Lipinski definition) is 12. The van der Waals surface area contributed by atoms with E-state index in [4.69, 9.17) is 18.9 Å². The molecule has 0 aliphatic carbocycles. The number of ether oxygens (including phenoxy) is 4. The van der Waals surface area contributed by atoms with Gasteiger partial charge in [0.15, 0.2) is 16.3 Å². The Morgan fingerprint density at radius 3 is 2.40 bits per heavy atom. The number of nitrogens with zero attached hydrogens (tertiary/aromatic N) is 4. The van der Waals surface area contributed by atoms with Crippen LogP contribution < -0.4 is 29.1 Å². The van der Waals surface area contributed by atoms with E-state index in [-0.39, 0.29) is 35.0 Å². The van der Waals surface area contributed by atoms with Gasteiger partial charge in [-0.1, -0.05) is 23.5 Å². The maximum Gasteiger partial charge on any atom is 0.338 e. The number of non-ortho nitro benzene ring substituents is 1. The van der Waals surface area contributed by atoms with E-state index in [1.54, 1.807) is 56.3 Å². The fourth-order valence-electron chi connectivity index (χ4n) is 5.05. The molecule has 0 fully saturated rings. The summed E-state index contributed by atoms with van der Waals surface area (Å²) in [5.74, 6) is 0.186. The van der Waals surface area contributed by atoms with Gasteiger partial charge < -0.3 is 18.9 Å². The Bertz CT molecular complexity index is 2160. The first-order valence-corrected chi connectivity index (χ1v) is 16.3. The quantitative estimate of drug-likeness (QED) is 0.0827. The van der Waals surface area contributed by atoms with Gasteiger partial charge in [-0.2, -0.15) is 0 Å². The van der Waals surface area contributed by atoms with Gasteiger partial charge in [-0.25, -0.2) is 9.79 Å². The van der Waals surface area contributed by atoms with Crippen molar-refractivity contribution in [1.29, 1.82) is 0 Å². The molecule has 48 heavy (non-hydrogen) atoms. The maximum atomic E-state index is 14.0. The van der Waals surface area contributed by atoms with Crippen LogP contribution >= 0.6 is 33.9 Å². The largest absolute Gasteiger partial charge is 0.494 e. The molecule has 1 aliphatic heterocycles. The number of nitro benzene ring substituents is 2. The maximum absolute atomic E-state index is 14.0. The van der Waals surface area contributed by atoms with Crippen LogP contribution in [0.25, 0.3) is 6.08 Å². The third kappa shape index (κ3) is 6.79. The predicted octanol–water partition coefficient (Wildman–Crippen LogP) is 5.42. The lowest BCUT2D eigenvalue weighted by atomic mass is 9.96. The van der Waals surface area contributed by atoms with Crippen LogP contribution in [0.5, 0.6) is 23.0 Å². The second-order valence-electron chi connectivity index (χ2n) is 10.1. The molecule has 0 bridgehead atoms. The average Bonchev–Trinajstić information content (AvgIpc) is 3.35. The van der Waals surface area contributed by atoms with Crippen molar-refractivity contribution in [2.24, 2.45) is 4.99 Å². The van der Waals surface area contributed by atoms with Crippen molar-refractivity contribution in [1.82, 2.24) is 4.57 Å².